The van der Waals surface area contributed by atoms with E-state index >= 15 is 8.78 Å². The van der Waals surface area contributed by atoms with Gasteiger partial charge in [0.05, 0.1) is 12.2 Å². The average Bonchev–Trinajstić information content (AvgIpc) is 4.14. The molecule has 8 N–H and O–H groups in total. The van der Waals surface area contributed by atoms with Crippen molar-refractivity contribution < 1.29 is 28.6 Å². The van der Waals surface area contributed by atoms with Crippen molar-refractivity contribution in [2.24, 2.45) is 0 Å². The van der Waals surface area contributed by atoms with E-state index in [2.05, 4.69) is 30.8 Å². The number of nitrogens with one attached hydrogen (secondary N) is 2. The van der Waals surface area contributed by atoms with Crippen molar-refractivity contribution in [3.8, 4) is 33.6 Å². The Kier molecular flexibility index (Phi) is 14.6. The van der Waals surface area contributed by atoms with Crippen molar-refractivity contribution in [1.29, 1.82) is 0 Å². The van der Waals surface area contributed by atoms with Gasteiger partial charge in [0.2, 0.25) is 0 Å². The molecule has 2 aliphatic carbocycles. The van der Waals surface area contributed by atoms with Crippen LogP contribution in [0.25, 0.3) is 44.7 Å². The number of nitrogens with zero attached hydrogens (tertiary/aromatic N) is 8. The first kappa shape index (κ1) is 52.4. The summed E-state index contributed by atoms with van der Waals surface area (Å²) < 4.78 is 37.3. The van der Waals surface area contributed by atoms with E-state index < -0.39 is 34.6 Å². The molecule has 0 atom stereocenters. The Labute approximate surface area is 455 Å². The third-order valence-electron chi connectivity index (χ3n) is 14.9. The maximum atomic E-state index is 15.6. The molecular formula is C60H54F2N12O6. The molecule has 4 aromatic carbocycles. The van der Waals surface area contributed by atoms with Crippen LogP contribution in [0.15, 0.2) is 168 Å². The lowest BCUT2D eigenvalue weighted by molar-refractivity contribution is 0.101. The molecule has 0 saturated heterocycles. The molecule has 20 heteroatoms. The Balaban J connectivity index is 0.000000169. The van der Waals surface area contributed by atoms with Gasteiger partial charge in [0.1, 0.15) is 46.4 Å². The molecule has 12 rings (SSSR count). The normalized spacial score (nSPS) is 17.1. The second-order valence-electron chi connectivity index (χ2n) is 20.0. The molecule has 6 aromatic heterocycles. The number of carbonyl (C=O) groups is 2. The molecule has 80 heavy (non-hydrogen) atoms. The van der Waals surface area contributed by atoms with Crippen LogP contribution in [0.3, 0.4) is 0 Å². The highest BCUT2D eigenvalue weighted by Gasteiger charge is 2.29. The number of aromatic nitrogens is 8. The van der Waals surface area contributed by atoms with Crippen LogP contribution < -0.4 is 33.2 Å². The number of fused-ring (bicyclic) bond motifs is 2. The van der Waals surface area contributed by atoms with Crippen LogP contribution >= 0.6 is 0 Å². The number of benzene rings is 4. The van der Waals surface area contributed by atoms with Gasteiger partial charge in [-0.05, 0) is 148 Å². The fourth-order valence-corrected chi connectivity index (χ4v) is 10.9. The molecule has 2 aliphatic rings. The van der Waals surface area contributed by atoms with Gasteiger partial charge in [-0.15, -0.1) is 0 Å². The second kappa shape index (κ2) is 22.4. The molecule has 2 fully saturated rings. The van der Waals surface area contributed by atoms with Gasteiger partial charge in [0.15, 0.2) is 11.6 Å². The van der Waals surface area contributed by atoms with Crippen LogP contribution in [0.4, 0.5) is 31.8 Å². The number of hydrogen-bond acceptors (Lipinski definition) is 12. The number of aliphatic hydroxyl groups is 2. The number of nitrogens with two attached hydrogens (primary N) is 2. The number of carbonyl (C=O) groups excluding carboxylic acids is 2. The molecular weight excluding hydrogens is 1020 g/mol. The van der Waals surface area contributed by atoms with E-state index in [-0.39, 0.29) is 69.3 Å². The number of hydrogen-bond donors (Lipinski definition) is 6. The second-order valence-corrected chi connectivity index (χ2v) is 20.0. The largest absolute Gasteiger partial charge is 0.393 e. The molecule has 6 heterocycles. The first-order chi connectivity index (χ1) is 38.8. The Bertz CT molecular complexity index is 3810. The number of amides is 2. The van der Waals surface area contributed by atoms with Gasteiger partial charge >= 0.3 is 0 Å². The lowest BCUT2D eigenvalue weighted by Gasteiger charge is -2.24. The predicted octanol–water partition coefficient (Wildman–Crippen LogP) is 9.08. The van der Waals surface area contributed by atoms with Crippen molar-refractivity contribution >= 4 is 45.9 Å². The van der Waals surface area contributed by atoms with E-state index in [0.29, 0.717) is 59.2 Å². The fraction of sp³-hybridized carbons (Fsp3) is 0.200. The smallest absolute Gasteiger partial charge is 0.267 e. The van der Waals surface area contributed by atoms with Crippen LogP contribution in [-0.4, -0.2) is 72.6 Å². The first-order valence-electron chi connectivity index (χ1n) is 26.2. The van der Waals surface area contributed by atoms with Gasteiger partial charge in [-0.1, -0.05) is 36.4 Å². The van der Waals surface area contributed by atoms with E-state index in [1.807, 2.05) is 24.3 Å². The van der Waals surface area contributed by atoms with E-state index in [0.717, 1.165) is 37.1 Å². The quantitative estimate of drug-likeness (QED) is 0.0750. The van der Waals surface area contributed by atoms with Crippen molar-refractivity contribution in [3.05, 3.63) is 213 Å². The summed E-state index contributed by atoms with van der Waals surface area (Å²) in [4.78, 5) is 60.2. The van der Waals surface area contributed by atoms with Gasteiger partial charge in [-0.2, -0.15) is 10.2 Å². The highest BCUT2D eigenvalue weighted by Crippen LogP contribution is 2.41. The number of pyridine rings is 2. The third kappa shape index (κ3) is 10.4. The molecule has 10 aromatic rings. The predicted molar refractivity (Wildman–Crippen MR) is 300 cm³/mol. The molecule has 0 bridgehead atoms. The lowest BCUT2D eigenvalue weighted by atomic mass is 9.85. The number of aliphatic hydroxyl groups excluding tert-OH is 2. The summed E-state index contributed by atoms with van der Waals surface area (Å²) in [6.45, 7) is 0. The molecule has 0 aliphatic heterocycles. The van der Waals surface area contributed by atoms with Gasteiger partial charge in [-0.3, -0.25) is 28.3 Å². The molecule has 18 nitrogen and oxygen atoms in total. The Hall–Kier alpha value is -9.66. The zero-order valence-corrected chi connectivity index (χ0v) is 43.0. The molecule has 0 spiro atoms. The number of nitrogen functional groups attached to an aromatic ring is 2. The molecule has 0 radical (unpaired) electrons. The average molecular weight is 1080 g/mol. The first-order valence-corrected chi connectivity index (χ1v) is 26.2. The van der Waals surface area contributed by atoms with Crippen LogP contribution in [0.2, 0.25) is 0 Å². The van der Waals surface area contributed by atoms with Crippen LogP contribution in [0.1, 0.15) is 95.3 Å². The van der Waals surface area contributed by atoms with Crippen molar-refractivity contribution in [3.63, 3.8) is 0 Å². The monoisotopic (exact) mass is 1080 g/mol. The number of rotatable bonds is 10. The minimum atomic E-state index is -0.642. The van der Waals surface area contributed by atoms with Crippen LogP contribution in [-0.2, 0) is 0 Å². The third-order valence-corrected chi connectivity index (χ3v) is 14.9. The maximum absolute atomic E-state index is 15.6. The molecule has 404 valence electrons. The maximum Gasteiger partial charge on any atom is 0.267 e. The molecule has 0 unspecified atom stereocenters. The van der Waals surface area contributed by atoms with Gasteiger partial charge in [0, 0.05) is 80.6 Å². The standard InChI is InChI=1S/2C30H27FN6O3/c2*31-25-15-19(35-29(39)23-7-4-14-36(30(23)40)20-5-2-1-3-6-20)10-13-22(25)24-16-26(18-8-11-21(38)12-9-18)37-27(24)28(32)33-17-34-37/h2*1-7,10,13-18,21,38H,8-9,11-12H2,(H,35,39)(H2,32,33,34). The highest BCUT2D eigenvalue weighted by atomic mass is 19.1. The van der Waals surface area contributed by atoms with E-state index in [9.17, 15) is 29.4 Å². The number of para-hydroxylation sites is 2. The van der Waals surface area contributed by atoms with E-state index in [1.165, 1.54) is 46.1 Å². The van der Waals surface area contributed by atoms with Crippen LogP contribution in [0.5, 0.6) is 0 Å². The highest BCUT2D eigenvalue weighted by molar-refractivity contribution is 6.05. The SMILES string of the molecule is Nc1ncnn2c(C3CCC(O)CC3)cc(-c3ccc(NC(=O)c4cccn(-c5ccccc5)c4=O)cc3F)c12.Nc1ncnn2c(C3CCC(O)CC3)cc(-c3ccc(NC(=O)c4cccn(-c5ccccc5)c4=O)cc3F)c12. The van der Waals surface area contributed by atoms with Gasteiger partial charge in [-0.25, -0.2) is 27.8 Å². The lowest BCUT2D eigenvalue weighted by Crippen LogP contribution is -2.27. The van der Waals surface area contributed by atoms with Crippen LogP contribution in [0, 0.1) is 11.6 Å². The minimum absolute atomic E-state index is 0.0681. The van der Waals surface area contributed by atoms with E-state index in [1.54, 1.807) is 106 Å². The van der Waals surface area contributed by atoms with Crippen molar-refractivity contribution in [2.75, 3.05) is 22.1 Å². The Morgan fingerprint density at radius 3 is 1.26 bits per heavy atom. The minimum Gasteiger partial charge on any atom is -0.393 e. The molecule has 2 saturated carbocycles. The fourth-order valence-electron chi connectivity index (χ4n) is 10.9. The van der Waals surface area contributed by atoms with Crippen molar-refractivity contribution in [1.82, 2.24) is 38.3 Å². The topological polar surface area (TPSA) is 255 Å². The molecule has 2 amide bonds. The van der Waals surface area contributed by atoms with Crippen molar-refractivity contribution in [2.45, 2.75) is 75.4 Å². The van der Waals surface area contributed by atoms with Gasteiger partial charge < -0.3 is 32.3 Å². The zero-order chi connectivity index (χ0) is 55.6. The number of halogens is 2. The Morgan fingerprint density at radius 2 is 0.887 bits per heavy atom. The zero-order valence-electron chi connectivity index (χ0n) is 43.0. The van der Waals surface area contributed by atoms with E-state index in [4.69, 9.17) is 11.5 Å². The van der Waals surface area contributed by atoms with Gasteiger partial charge in [0.25, 0.3) is 22.9 Å². The summed E-state index contributed by atoms with van der Waals surface area (Å²) in [5.74, 6) is -1.70. The summed E-state index contributed by atoms with van der Waals surface area (Å²) in [5.41, 5.74) is 17.4. The summed E-state index contributed by atoms with van der Waals surface area (Å²) in [6.07, 6.45) is 11.2. The summed E-state index contributed by atoms with van der Waals surface area (Å²) in [6, 6.07) is 36.5. The summed E-state index contributed by atoms with van der Waals surface area (Å²) >= 11 is 0. The summed E-state index contributed by atoms with van der Waals surface area (Å²) in [5, 5.41) is 33.9. The number of anilines is 4. The summed E-state index contributed by atoms with van der Waals surface area (Å²) in [7, 11) is 0. The Morgan fingerprint density at radius 1 is 0.500 bits per heavy atom.